The summed E-state index contributed by atoms with van der Waals surface area (Å²) in [6.45, 7) is 4.94. The topological polar surface area (TPSA) is 95.9 Å². The van der Waals surface area contributed by atoms with E-state index in [0.29, 0.717) is 19.4 Å². The standard InChI is InChI=1S/C71H137NO5/c1-3-5-7-9-11-13-15-17-36-39-43-47-51-55-59-63-69(74)68(67-73)72-70(75)64-60-56-52-48-44-40-37-34-32-30-28-26-24-22-20-19-21-23-25-27-29-31-33-35-38-42-46-50-54-58-62-66-77-71(76)65-61-57-53-49-45-41-18-16-14-12-10-8-6-4-2/h21,23,59,63,68-69,73-74H,3-20,22,24-58,60-62,64-67H2,1-2H3,(H,72,75)/b23-21-,63-59+. The van der Waals surface area contributed by atoms with Crippen LogP contribution in [0.1, 0.15) is 393 Å². The van der Waals surface area contributed by atoms with Crippen LogP contribution in [-0.4, -0.2) is 47.4 Å². The number of carbonyl (C=O) groups is 2. The fourth-order valence-electron chi connectivity index (χ4n) is 11.1. The first kappa shape index (κ1) is 75.3. The van der Waals surface area contributed by atoms with E-state index in [4.69, 9.17) is 4.74 Å². The van der Waals surface area contributed by atoms with Crippen LogP contribution >= 0.6 is 0 Å². The summed E-state index contributed by atoms with van der Waals surface area (Å²) in [6, 6.07) is -0.626. The number of rotatable bonds is 66. The highest BCUT2D eigenvalue weighted by molar-refractivity contribution is 5.76. The number of nitrogens with one attached hydrogen (secondary N) is 1. The zero-order chi connectivity index (χ0) is 55.7. The summed E-state index contributed by atoms with van der Waals surface area (Å²) in [5, 5.41) is 23.2. The maximum absolute atomic E-state index is 12.5. The fraction of sp³-hybridized carbons (Fsp3) is 0.915. The maximum atomic E-state index is 12.5. The van der Waals surface area contributed by atoms with E-state index in [1.165, 1.54) is 327 Å². The Kier molecular flexibility index (Phi) is 65.4. The van der Waals surface area contributed by atoms with Gasteiger partial charge in [0.15, 0.2) is 0 Å². The quantitative estimate of drug-likeness (QED) is 0.0320. The average Bonchev–Trinajstić information content (AvgIpc) is 3.43. The van der Waals surface area contributed by atoms with Crippen molar-refractivity contribution in [1.82, 2.24) is 5.32 Å². The molecule has 3 N–H and O–H groups in total. The van der Waals surface area contributed by atoms with Gasteiger partial charge >= 0.3 is 5.97 Å². The van der Waals surface area contributed by atoms with Gasteiger partial charge < -0.3 is 20.3 Å². The van der Waals surface area contributed by atoms with Gasteiger partial charge in [0.25, 0.3) is 0 Å². The van der Waals surface area contributed by atoms with Crippen molar-refractivity contribution in [3.8, 4) is 0 Å². The average molecular weight is 1080 g/mol. The van der Waals surface area contributed by atoms with Crippen LogP contribution in [0.5, 0.6) is 0 Å². The third-order valence-corrected chi connectivity index (χ3v) is 16.5. The smallest absolute Gasteiger partial charge is 0.305 e. The number of aliphatic hydroxyl groups excluding tert-OH is 2. The lowest BCUT2D eigenvalue weighted by molar-refractivity contribution is -0.143. The third-order valence-electron chi connectivity index (χ3n) is 16.5. The highest BCUT2D eigenvalue weighted by atomic mass is 16.5. The lowest BCUT2D eigenvalue weighted by Gasteiger charge is -2.20. The molecule has 0 saturated carbocycles. The summed E-state index contributed by atoms with van der Waals surface area (Å²) in [4.78, 5) is 24.5. The number of hydrogen-bond donors (Lipinski definition) is 3. The zero-order valence-corrected chi connectivity index (χ0v) is 52.2. The molecule has 0 rings (SSSR count). The van der Waals surface area contributed by atoms with Gasteiger partial charge in [0.1, 0.15) is 0 Å². The van der Waals surface area contributed by atoms with Crippen molar-refractivity contribution < 1.29 is 24.5 Å². The minimum Gasteiger partial charge on any atom is -0.466 e. The second-order valence-electron chi connectivity index (χ2n) is 24.2. The molecule has 0 spiro atoms. The SMILES string of the molecule is CCCCCCCCCCCCCCC/C=C/C(O)C(CO)NC(=O)CCCCCCCCCCCCCCCCC/C=C\CCCCCCCCCCCCCCOC(=O)CCCCCCCCCCCCCCCC. The Balaban J connectivity index is 3.36. The number of ether oxygens (including phenoxy) is 1. The summed E-state index contributed by atoms with van der Waals surface area (Å²) < 4.78 is 5.49. The summed E-state index contributed by atoms with van der Waals surface area (Å²) in [6.07, 6.45) is 84.0. The zero-order valence-electron chi connectivity index (χ0n) is 52.2. The Morgan fingerprint density at radius 2 is 0.610 bits per heavy atom. The molecule has 77 heavy (non-hydrogen) atoms. The number of hydrogen-bond acceptors (Lipinski definition) is 5. The molecule has 0 radical (unpaired) electrons. The Hall–Kier alpha value is -1.66. The maximum Gasteiger partial charge on any atom is 0.305 e. The first-order valence-electron chi connectivity index (χ1n) is 35.1. The van der Waals surface area contributed by atoms with Gasteiger partial charge in [-0.2, -0.15) is 0 Å². The lowest BCUT2D eigenvalue weighted by Crippen LogP contribution is -2.45. The van der Waals surface area contributed by atoms with Crippen LogP contribution in [0.15, 0.2) is 24.3 Å². The van der Waals surface area contributed by atoms with Crippen LogP contribution in [0.4, 0.5) is 0 Å². The molecular weight excluding hydrogens is 947 g/mol. The lowest BCUT2D eigenvalue weighted by atomic mass is 10.0. The molecule has 0 aromatic carbocycles. The first-order chi connectivity index (χ1) is 38.0. The van der Waals surface area contributed by atoms with E-state index in [1.54, 1.807) is 6.08 Å². The molecule has 0 bridgehead atoms. The van der Waals surface area contributed by atoms with Gasteiger partial charge in [-0.25, -0.2) is 0 Å². The van der Waals surface area contributed by atoms with Gasteiger partial charge in [-0.15, -0.1) is 0 Å². The number of allylic oxidation sites excluding steroid dienone is 3. The third kappa shape index (κ3) is 63.4. The van der Waals surface area contributed by atoms with E-state index in [0.717, 1.165) is 38.5 Å². The fourth-order valence-corrected chi connectivity index (χ4v) is 11.1. The summed E-state index contributed by atoms with van der Waals surface area (Å²) >= 11 is 0. The largest absolute Gasteiger partial charge is 0.466 e. The number of amides is 1. The monoisotopic (exact) mass is 1080 g/mol. The van der Waals surface area contributed by atoms with E-state index >= 15 is 0 Å². The molecule has 1 amide bonds. The second kappa shape index (κ2) is 66.8. The number of carbonyl (C=O) groups excluding carboxylic acids is 2. The predicted octanol–water partition coefficient (Wildman–Crippen LogP) is 22.5. The molecule has 0 fully saturated rings. The Bertz CT molecular complexity index is 1200. The minimum absolute atomic E-state index is 0.0202. The molecule has 6 heteroatoms. The van der Waals surface area contributed by atoms with Crippen LogP contribution in [0, 0.1) is 0 Å². The highest BCUT2D eigenvalue weighted by Gasteiger charge is 2.18. The molecule has 0 saturated heterocycles. The van der Waals surface area contributed by atoms with Crippen molar-refractivity contribution in [2.45, 2.75) is 405 Å². The normalized spacial score (nSPS) is 12.6. The van der Waals surface area contributed by atoms with Gasteiger partial charge in [0.2, 0.25) is 5.91 Å². The second-order valence-corrected chi connectivity index (χ2v) is 24.2. The van der Waals surface area contributed by atoms with E-state index in [-0.39, 0.29) is 18.5 Å². The number of aliphatic hydroxyl groups is 2. The number of esters is 1. The molecule has 2 unspecified atom stereocenters. The van der Waals surface area contributed by atoms with Gasteiger partial charge in [-0.3, -0.25) is 9.59 Å². The van der Waals surface area contributed by atoms with Crippen molar-refractivity contribution in [1.29, 1.82) is 0 Å². The van der Waals surface area contributed by atoms with Crippen molar-refractivity contribution in [3.05, 3.63) is 24.3 Å². The molecule has 0 aliphatic carbocycles. The van der Waals surface area contributed by atoms with Gasteiger partial charge in [0, 0.05) is 12.8 Å². The Labute approximate surface area is 481 Å². The minimum atomic E-state index is -0.842. The van der Waals surface area contributed by atoms with Crippen LogP contribution in [0.3, 0.4) is 0 Å². The van der Waals surface area contributed by atoms with E-state index < -0.39 is 12.1 Å². The molecule has 2 atom stereocenters. The molecule has 0 aromatic heterocycles. The Morgan fingerprint density at radius 1 is 0.351 bits per heavy atom. The van der Waals surface area contributed by atoms with Crippen molar-refractivity contribution >= 4 is 11.9 Å². The molecule has 0 aliphatic rings. The number of unbranched alkanes of at least 4 members (excludes halogenated alkanes) is 53. The van der Waals surface area contributed by atoms with Crippen molar-refractivity contribution in [2.24, 2.45) is 0 Å². The van der Waals surface area contributed by atoms with Crippen LogP contribution in [0.2, 0.25) is 0 Å². The van der Waals surface area contributed by atoms with Crippen LogP contribution < -0.4 is 5.32 Å². The summed E-state index contributed by atoms with van der Waals surface area (Å²) in [7, 11) is 0. The Morgan fingerprint density at radius 3 is 0.922 bits per heavy atom. The van der Waals surface area contributed by atoms with Crippen LogP contribution in [-0.2, 0) is 14.3 Å². The molecule has 0 aromatic rings. The van der Waals surface area contributed by atoms with Gasteiger partial charge in [-0.1, -0.05) is 346 Å². The summed E-state index contributed by atoms with van der Waals surface area (Å²) in [5.74, 6) is -0.0432. The van der Waals surface area contributed by atoms with E-state index in [1.807, 2.05) is 6.08 Å². The predicted molar refractivity (Wildman–Crippen MR) is 338 cm³/mol. The molecule has 0 aliphatic heterocycles. The van der Waals surface area contributed by atoms with Gasteiger partial charge in [0.05, 0.1) is 25.4 Å². The van der Waals surface area contributed by atoms with Crippen LogP contribution in [0.25, 0.3) is 0 Å². The summed E-state index contributed by atoms with van der Waals surface area (Å²) in [5.41, 5.74) is 0. The van der Waals surface area contributed by atoms with Crippen molar-refractivity contribution in [2.75, 3.05) is 13.2 Å². The van der Waals surface area contributed by atoms with E-state index in [9.17, 15) is 19.8 Å². The van der Waals surface area contributed by atoms with E-state index in [2.05, 4.69) is 31.3 Å². The first-order valence-corrected chi connectivity index (χ1v) is 35.1. The highest BCUT2D eigenvalue weighted by Crippen LogP contribution is 2.18. The molecule has 6 nitrogen and oxygen atoms in total. The molecule has 0 heterocycles. The molecular formula is C71H137NO5. The van der Waals surface area contributed by atoms with Gasteiger partial charge in [-0.05, 0) is 57.8 Å². The molecule has 456 valence electrons. The van der Waals surface area contributed by atoms with Crippen molar-refractivity contribution in [3.63, 3.8) is 0 Å².